The van der Waals surface area contributed by atoms with Gasteiger partial charge in [-0.15, -0.1) is 0 Å². The molecular weight excluding hydrogens is 202 g/mol. The highest BCUT2D eigenvalue weighted by atomic mass is 16.1. The summed E-state index contributed by atoms with van der Waals surface area (Å²) >= 11 is 0. The number of carbonyl (C=O) groups is 1. The Morgan fingerprint density at radius 2 is 1.88 bits per heavy atom. The van der Waals surface area contributed by atoms with Crippen molar-refractivity contribution in [2.75, 3.05) is 33.7 Å². The van der Waals surface area contributed by atoms with Gasteiger partial charge in [0.1, 0.15) is 0 Å². The summed E-state index contributed by atoms with van der Waals surface area (Å²) in [5.41, 5.74) is 0. The van der Waals surface area contributed by atoms with Crippen LogP contribution in [0.25, 0.3) is 0 Å². The van der Waals surface area contributed by atoms with Crippen LogP contribution < -0.4 is 10.6 Å². The van der Waals surface area contributed by atoms with E-state index in [1.807, 2.05) is 0 Å². The maximum Gasteiger partial charge on any atom is 0.233 e. The lowest BCUT2D eigenvalue weighted by Crippen LogP contribution is -2.40. The molecule has 96 valence electrons. The summed E-state index contributed by atoms with van der Waals surface area (Å²) < 4.78 is 0. The average Bonchev–Trinajstić information content (AvgIpc) is 2.20. The highest BCUT2D eigenvalue weighted by molar-refractivity contribution is 5.77. The fourth-order valence-electron chi connectivity index (χ4n) is 1.20. The van der Waals surface area contributed by atoms with Gasteiger partial charge in [-0.1, -0.05) is 13.8 Å². The average molecular weight is 229 g/mol. The number of nitrogens with one attached hydrogen (secondary N) is 2. The topological polar surface area (TPSA) is 44.4 Å². The Morgan fingerprint density at radius 3 is 2.38 bits per heavy atom. The molecule has 0 saturated carbocycles. The zero-order valence-corrected chi connectivity index (χ0v) is 11.3. The van der Waals surface area contributed by atoms with Gasteiger partial charge in [0, 0.05) is 12.6 Å². The Bertz CT molecular complexity index is 193. The minimum absolute atomic E-state index is 0.0883. The lowest BCUT2D eigenvalue weighted by Gasteiger charge is -2.16. The van der Waals surface area contributed by atoms with Crippen LogP contribution in [0.3, 0.4) is 0 Å². The van der Waals surface area contributed by atoms with E-state index in [1.165, 1.54) is 0 Å². The third-order valence-electron chi connectivity index (χ3n) is 2.33. The van der Waals surface area contributed by atoms with Gasteiger partial charge in [-0.05, 0) is 39.9 Å². The van der Waals surface area contributed by atoms with Gasteiger partial charge in [-0.2, -0.15) is 0 Å². The zero-order chi connectivity index (χ0) is 12.6. The molecule has 0 radical (unpaired) electrons. The minimum Gasteiger partial charge on any atom is -0.355 e. The highest BCUT2D eigenvalue weighted by Gasteiger charge is 2.06. The van der Waals surface area contributed by atoms with Crippen molar-refractivity contribution >= 4 is 5.91 Å². The van der Waals surface area contributed by atoms with Crippen molar-refractivity contribution in [3.05, 3.63) is 0 Å². The molecule has 0 aliphatic heterocycles. The molecule has 4 heteroatoms. The maximum absolute atomic E-state index is 11.4. The Hall–Kier alpha value is -0.610. The number of rotatable bonds is 8. The Labute approximate surface area is 99.8 Å². The number of nitrogens with zero attached hydrogens (tertiary/aromatic N) is 1. The monoisotopic (exact) mass is 229 g/mol. The van der Waals surface area contributed by atoms with Gasteiger partial charge in [0.2, 0.25) is 5.91 Å². The standard InChI is InChI=1S/C12H27N3O/c1-10(2)8-14-12(16)9-13-11(3)6-7-15(4)5/h10-11,13H,6-9H2,1-5H3,(H,14,16). The van der Waals surface area contributed by atoms with Gasteiger partial charge in [0.15, 0.2) is 0 Å². The fraction of sp³-hybridized carbons (Fsp3) is 0.917. The second-order valence-electron chi connectivity index (χ2n) is 5.07. The SMILES string of the molecule is CC(C)CNC(=O)CNC(C)CCN(C)C. The first-order chi connectivity index (χ1) is 7.41. The molecular formula is C12H27N3O. The van der Waals surface area contributed by atoms with E-state index in [2.05, 4.69) is 50.4 Å². The molecule has 0 spiro atoms. The number of hydrogen-bond acceptors (Lipinski definition) is 3. The zero-order valence-electron chi connectivity index (χ0n) is 11.3. The molecule has 0 aromatic rings. The molecule has 2 N–H and O–H groups in total. The van der Waals surface area contributed by atoms with E-state index in [-0.39, 0.29) is 5.91 Å². The van der Waals surface area contributed by atoms with E-state index in [0.29, 0.717) is 18.5 Å². The van der Waals surface area contributed by atoms with Gasteiger partial charge in [-0.25, -0.2) is 0 Å². The van der Waals surface area contributed by atoms with Crippen molar-refractivity contribution in [1.82, 2.24) is 15.5 Å². The predicted octanol–water partition coefficient (Wildman–Crippen LogP) is 0.688. The van der Waals surface area contributed by atoms with Crippen molar-refractivity contribution in [2.24, 2.45) is 5.92 Å². The van der Waals surface area contributed by atoms with Gasteiger partial charge in [0.25, 0.3) is 0 Å². The lowest BCUT2D eigenvalue weighted by atomic mass is 10.2. The van der Waals surface area contributed by atoms with Crippen LogP contribution in [-0.2, 0) is 4.79 Å². The molecule has 0 heterocycles. The van der Waals surface area contributed by atoms with E-state index >= 15 is 0 Å². The van der Waals surface area contributed by atoms with Crippen LogP contribution in [0.1, 0.15) is 27.2 Å². The summed E-state index contributed by atoms with van der Waals surface area (Å²) in [6.45, 7) is 8.51. The van der Waals surface area contributed by atoms with E-state index in [1.54, 1.807) is 0 Å². The van der Waals surface area contributed by atoms with Crippen LogP contribution >= 0.6 is 0 Å². The van der Waals surface area contributed by atoms with Crippen LogP contribution in [0.15, 0.2) is 0 Å². The molecule has 1 unspecified atom stereocenters. The number of carbonyl (C=O) groups excluding carboxylic acids is 1. The van der Waals surface area contributed by atoms with Crippen LogP contribution in [0.2, 0.25) is 0 Å². The Balaban J connectivity index is 3.51. The molecule has 1 amide bonds. The molecule has 0 aliphatic carbocycles. The largest absolute Gasteiger partial charge is 0.355 e. The molecule has 0 rings (SSSR count). The van der Waals surface area contributed by atoms with Gasteiger partial charge in [-0.3, -0.25) is 4.79 Å². The molecule has 0 aromatic carbocycles. The van der Waals surface area contributed by atoms with Gasteiger partial charge < -0.3 is 15.5 Å². The van der Waals surface area contributed by atoms with Crippen LogP contribution in [-0.4, -0.2) is 50.6 Å². The first-order valence-electron chi connectivity index (χ1n) is 6.06. The number of hydrogen-bond donors (Lipinski definition) is 2. The molecule has 16 heavy (non-hydrogen) atoms. The minimum atomic E-state index is 0.0883. The summed E-state index contributed by atoms with van der Waals surface area (Å²) in [6.07, 6.45) is 1.06. The van der Waals surface area contributed by atoms with Gasteiger partial charge >= 0.3 is 0 Å². The van der Waals surface area contributed by atoms with Crippen molar-refractivity contribution < 1.29 is 4.79 Å². The van der Waals surface area contributed by atoms with E-state index < -0.39 is 0 Å². The molecule has 0 saturated heterocycles. The summed E-state index contributed by atoms with van der Waals surface area (Å²) in [5, 5.41) is 6.11. The third kappa shape index (κ3) is 9.93. The Morgan fingerprint density at radius 1 is 1.25 bits per heavy atom. The van der Waals surface area contributed by atoms with E-state index in [9.17, 15) is 4.79 Å². The Kier molecular flexibility index (Phi) is 8.21. The smallest absolute Gasteiger partial charge is 0.233 e. The normalized spacial score (nSPS) is 13.2. The third-order valence-corrected chi connectivity index (χ3v) is 2.33. The second kappa shape index (κ2) is 8.53. The predicted molar refractivity (Wildman–Crippen MR) is 68.5 cm³/mol. The first kappa shape index (κ1) is 15.4. The molecule has 4 nitrogen and oxygen atoms in total. The van der Waals surface area contributed by atoms with E-state index in [0.717, 1.165) is 19.5 Å². The van der Waals surface area contributed by atoms with Crippen molar-refractivity contribution in [3.8, 4) is 0 Å². The van der Waals surface area contributed by atoms with Crippen LogP contribution in [0, 0.1) is 5.92 Å². The summed E-state index contributed by atoms with van der Waals surface area (Å²) in [6, 6.07) is 0.382. The van der Waals surface area contributed by atoms with Crippen molar-refractivity contribution in [2.45, 2.75) is 33.2 Å². The molecule has 1 atom stereocenters. The van der Waals surface area contributed by atoms with Gasteiger partial charge in [0.05, 0.1) is 6.54 Å². The fourth-order valence-corrected chi connectivity index (χ4v) is 1.20. The van der Waals surface area contributed by atoms with Crippen molar-refractivity contribution in [1.29, 1.82) is 0 Å². The first-order valence-corrected chi connectivity index (χ1v) is 6.06. The number of amides is 1. The molecule has 0 bridgehead atoms. The summed E-state index contributed by atoms with van der Waals surface area (Å²) in [4.78, 5) is 13.6. The van der Waals surface area contributed by atoms with E-state index in [4.69, 9.17) is 0 Å². The lowest BCUT2D eigenvalue weighted by molar-refractivity contribution is -0.120. The second-order valence-corrected chi connectivity index (χ2v) is 5.07. The summed E-state index contributed by atoms with van der Waals surface area (Å²) in [7, 11) is 4.12. The molecule has 0 aliphatic rings. The quantitative estimate of drug-likeness (QED) is 0.643. The summed E-state index contributed by atoms with van der Waals surface area (Å²) in [5.74, 6) is 0.598. The van der Waals surface area contributed by atoms with Crippen LogP contribution in [0.4, 0.5) is 0 Å². The van der Waals surface area contributed by atoms with Crippen LogP contribution in [0.5, 0.6) is 0 Å². The molecule has 0 fully saturated rings. The van der Waals surface area contributed by atoms with Crippen molar-refractivity contribution in [3.63, 3.8) is 0 Å². The highest BCUT2D eigenvalue weighted by Crippen LogP contribution is 1.91. The molecule has 0 aromatic heterocycles. The maximum atomic E-state index is 11.4.